The lowest BCUT2D eigenvalue weighted by atomic mass is 10.2. The molecule has 6 heteroatoms. The highest BCUT2D eigenvalue weighted by atomic mass is 16.5. The minimum Gasteiger partial charge on any atom is -0.496 e. The fourth-order valence-corrected chi connectivity index (χ4v) is 2.06. The van der Waals surface area contributed by atoms with Gasteiger partial charge >= 0.3 is 0 Å². The van der Waals surface area contributed by atoms with E-state index in [1.807, 2.05) is 24.3 Å². The maximum Gasteiger partial charge on any atom is 0.254 e. The minimum atomic E-state index is -0.112. The summed E-state index contributed by atoms with van der Waals surface area (Å²) in [5.74, 6) is 1.18. The van der Waals surface area contributed by atoms with E-state index >= 15 is 0 Å². The molecule has 1 heterocycles. The number of hydrogen-bond donors (Lipinski definition) is 2. The lowest BCUT2D eigenvalue weighted by molar-refractivity contribution is 0.0950. The molecule has 0 atom stereocenters. The first-order valence-corrected chi connectivity index (χ1v) is 7.25. The van der Waals surface area contributed by atoms with E-state index < -0.39 is 0 Å². The molecule has 0 spiro atoms. The fraction of sp³-hybridized carbons (Fsp3) is 0.312. The molecule has 0 aliphatic heterocycles. The highest BCUT2D eigenvalue weighted by Crippen LogP contribution is 2.19. The van der Waals surface area contributed by atoms with Crippen LogP contribution in [0.2, 0.25) is 0 Å². The number of methoxy groups -OCH3 is 1. The first-order valence-electron chi connectivity index (χ1n) is 7.25. The normalized spacial score (nSPS) is 13.5. The summed E-state index contributed by atoms with van der Waals surface area (Å²) in [4.78, 5) is 20.2. The Labute approximate surface area is 128 Å². The van der Waals surface area contributed by atoms with Crippen LogP contribution < -0.4 is 15.4 Å². The highest BCUT2D eigenvalue weighted by molar-refractivity contribution is 5.94. The number of hydrogen-bond acceptors (Lipinski definition) is 5. The second-order valence-electron chi connectivity index (χ2n) is 5.21. The Bertz CT molecular complexity index is 653. The first kappa shape index (κ1) is 14.3. The van der Waals surface area contributed by atoms with Crippen molar-refractivity contribution in [3.05, 3.63) is 47.8 Å². The summed E-state index contributed by atoms with van der Waals surface area (Å²) in [6, 6.07) is 8.08. The number of rotatable bonds is 6. The zero-order valence-electron chi connectivity index (χ0n) is 12.4. The van der Waals surface area contributed by atoms with Gasteiger partial charge in [-0.15, -0.1) is 0 Å². The monoisotopic (exact) mass is 298 g/mol. The first-order chi connectivity index (χ1) is 10.8. The van der Waals surface area contributed by atoms with E-state index in [1.54, 1.807) is 7.11 Å². The van der Waals surface area contributed by atoms with Gasteiger partial charge in [-0.3, -0.25) is 4.79 Å². The van der Waals surface area contributed by atoms with Gasteiger partial charge in [0.2, 0.25) is 5.95 Å². The minimum absolute atomic E-state index is 0.112. The highest BCUT2D eigenvalue weighted by Gasteiger charge is 2.23. The van der Waals surface area contributed by atoms with Crippen molar-refractivity contribution in [2.45, 2.75) is 25.4 Å². The van der Waals surface area contributed by atoms with E-state index in [2.05, 4.69) is 20.6 Å². The standard InChI is InChI=1S/C16H18N4O2/c1-22-14-5-3-2-4-11(14)8-17-16-18-9-12(10-19-16)15(21)20-13-6-7-13/h2-5,9-10,13H,6-8H2,1H3,(H,20,21)(H,17,18,19). The largest absolute Gasteiger partial charge is 0.496 e. The third-order valence-electron chi connectivity index (χ3n) is 3.46. The average molecular weight is 298 g/mol. The summed E-state index contributed by atoms with van der Waals surface area (Å²) in [6.45, 7) is 0.553. The summed E-state index contributed by atoms with van der Waals surface area (Å²) in [5, 5.41) is 6.03. The van der Waals surface area contributed by atoms with Gasteiger partial charge in [0.15, 0.2) is 0 Å². The molecule has 3 rings (SSSR count). The number of para-hydroxylation sites is 1. The molecule has 0 bridgehead atoms. The van der Waals surface area contributed by atoms with Gasteiger partial charge < -0.3 is 15.4 Å². The van der Waals surface area contributed by atoms with Crippen LogP contribution in [0.25, 0.3) is 0 Å². The number of nitrogens with zero attached hydrogens (tertiary/aromatic N) is 2. The Kier molecular flexibility index (Phi) is 4.18. The van der Waals surface area contributed by atoms with Crippen molar-refractivity contribution in [3.63, 3.8) is 0 Å². The SMILES string of the molecule is COc1ccccc1CNc1ncc(C(=O)NC2CC2)cn1. The molecular formula is C16H18N4O2. The molecule has 0 radical (unpaired) electrons. The van der Waals surface area contributed by atoms with Crippen LogP contribution in [0.15, 0.2) is 36.7 Å². The van der Waals surface area contributed by atoms with E-state index in [-0.39, 0.29) is 5.91 Å². The summed E-state index contributed by atoms with van der Waals surface area (Å²) in [7, 11) is 1.64. The molecule has 0 saturated heterocycles. The number of aromatic nitrogens is 2. The van der Waals surface area contributed by atoms with Crippen LogP contribution >= 0.6 is 0 Å². The van der Waals surface area contributed by atoms with E-state index in [4.69, 9.17) is 4.74 Å². The van der Waals surface area contributed by atoms with Crippen molar-refractivity contribution in [2.24, 2.45) is 0 Å². The number of anilines is 1. The van der Waals surface area contributed by atoms with E-state index in [1.165, 1.54) is 12.4 Å². The summed E-state index contributed by atoms with van der Waals surface area (Å²) in [5.41, 5.74) is 1.50. The van der Waals surface area contributed by atoms with Crippen LogP contribution in [-0.2, 0) is 6.54 Å². The van der Waals surface area contributed by atoms with Gasteiger partial charge in [-0.1, -0.05) is 18.2 Å². The summed E-state index contributed by atoms with van der Waals surface area (Å²) >= 11 is 0. The molecule has 1 aromatic carbocycles. The quantitative estimate of drug-likeness (QED) is 0.853. The molecule has 6 nitrogen and oxygen atoms in total. The number of carbonyl (C=O) groups excluding carboxylic acids is 1. The molecule has 0 unspecified atom stereocenters. The third-order valence-corrected chi connectivity index (χ3v) is 3.46. The maximum absolute atomic E-state index is 11.8. The number of nitrogens with one attached hydrogen (secondary N) is 2. The molecule has 1 saturated carbocycles. The molecule has 1 aliphatic carbocycles. The van der Waals surface area contributed by atoms with Gasteiger partial charge in [0.05, 0.1) is 12.7 Å². The molecular weight excluding hydrogens is 280 g/mol. The molecule has 2 N–H and O–H groups in total. The van der Waals surface area contributed by atoms with Crippen LogP contribution in [0.5, 0.6) is 5.75 Å². The summed E-state index contributed by atoms with van der Waals surface area (Å²) in [6.07, 6.45) is 5.20. The molecule has 1 fully saturated rings. The van der Waals surface area contributed by atoms with Gasteiger partial charge in [0, 0.05) is 30.5 Å². The lowest BCUT2D eigenvalue weighted by Crippen LogP contribution is -2.25. The fourth-order valence-electron chi connectivity index (χ4n) is 2.06. The number of ether oxygens (including phenoxy) is 1. The van der Waals surface area contributed by atoms with E-state index in [0.717, 1.165) is 24.2 Å². The van der Waals surface area contributed by atoms with Crippen molar-refractivity contribution in [1.82, 2.24) is 15.3 Å². The Morgan fingerprint density at radius 2 is 2.00 bits per heavy atom. The second-order valence-corrected chi connectivity index (χ2v) is 5.21. The smallest absolute Gasteiger partial charge is 0.254 e. The van der Waals surface area contributed by atoms with Crippen molar-refractivity contribution in [3.8, 4) is 5.75 Å². The molecule has 1 amide bonds. The van der Waals surface area contributed by atoms with Crippen molar-refractivity contribution in [1.29, 1.82) is 0 Å². The predicted octanol–water partition coefficient (Wildman–Crippen LogP) is 1.99. The predicted molar refractivity (Wildman–Crippen MR) is 82.8 cm³/mol. The van der Waals surface area contributed by atoms with Gasteiger partial charge in [0.1, 0.15) is 5.75 Å². The van der Waals surface area contributed by atoms with Crippen LogP contribution in [0.1, 0.15) is 28.8 Å². The number of carbonyl (C=O) groups is 1. The maximum atomic E-state index is 11.8. The Hall–Kier alpha value is -2.63. The Morgan fingerprint density at radius 3 is 2.68 bits per heavy atom. The van der Waals surface area contributed by atoms with E-state index in [0.29, 0.717) is 24.1 Å². The number of benzene rings is 1. The van der Waals surface area contributed by atoms with Gasteiger partial charge in [-0.25, -0.2) is 9.97 Å². The van der Waals surface area contributed by atoms with Crippen molar-refractivity contribution < 1.29 is 9.53 Å². The average Bonchev–Trinajstić information content (AvgIpc) is 3.37. The topological polar surface area (TPSA) is 76.1 Å². The van der Waals surface area contributed by atoms with Crippen LogP contribution in [0, 0.1) is 0 Å². The zero-order valence-corrected chi connectivity index (χ0v) is 12.4. The Morgan fingerprint density at radius 1 is 1.27 bits per heavy atom. The molecule has 114 valence electrons. The Balaban J connectivity index is 1.59. The molecule has 1 aromatic heterocycles. The van der Waals surface area contributed by atoms with Crippen LogP contribution in [0.4, 0.5) is 5.95 Å². The molecule has 22 heavy (non-hydrogen) atoms. The molecule has 1 aliphatic rings. The van der Waals surface area contributed by atoms with Gasteiger partial charge in [0.25, 0.3) is 5.91 Å². The second kappa shape index (κ2) is 6.43. The third kappa shape index (κ3) is 3.52. The van der Waals surface area contributed by atoms with Crippen LogP contribution in [-0.4, -0.2) is 29.0 Å². The number of amides is 1. The van der Waals surface area contributed by atoms with E-state index in [9.17, 15) is 4.79 Å². The van der Waals surface area contributed by atoms with Gasteiger partial charge in [-0.2, -0.15) is 0 Å². The van der Waals surface area contributed by atoms with Crippen molar-refractivity contribution >= 4 is 11.9 Å². The molecule has 2 aromatic rings. The summed E-state index contributed by atoms with van der Waals surface area (Å²) < 4.78 is 5.29. The van der Waals surface area contributed by atoms with Crippen molar-refractivity contribution in [2.75, 3.05) is 12.4 Å². The zero-order chi connectivity index (χ0) is 15.4. The van der Waals surface area contributed by atoms with Crippen LogP contribution in [0.3, 0.4) is 0 Å². The van der Waals surface area contributed by atoms with Gasteiger partial charge in [-0.05, 0) is 18.9 Å². The lowest BCUT2D eigenvalue weighted by Gasteiger charge is -2.09.